The summed E-state index contributed by atoms with van der Waals surface area (Å²) >= 11 is 6.22. The number of piperazine rings is 1. The van der Waals surface area contributed by atoms with Crippen molar-refractivity contribution >= 4 is 41.5 Å². The van der Waals surface area contributed by atoms with E-state index in [1.807, 2.05) is 13.0 Å². The van der Waals surface area contributed by atoms with Gasteiger partial charge in [-0.1, -0.05) is 22.8 Å². The Balaban J connectivity index is 0.00000240. The molecule has 1 aliphatic carbocycles. The number of aliphatic imine (C=N–C) groups is 1. The van der Waals surface area contributed by atoms with Gasteiger partial charge in [-0.3, -0.25) is 9.89 Å². The lowest BCUT2D eigenvalue weighted by Gasteiger charge is -2.36. The number of hydrogen-bond donors (Lipinski definition) is 1. The van der Waals surface area contributed by atoms with Crippen LogP contribution in [0.15, 0.2) is 40.0 Å². The van der Waals surface area contributed by atoms with Crippen LogP contribution in [0.2, 0.25) is 5.02 Å². The molecule has 1 saturated heterocycles. The molecule has 1 aliphatic heterocycles. The summed E-state index contributed by atoms with van der Waals surface area (Å²) in [5, 5.41) is 8.02. The second-order valence-electron chi connectivity index (χ2n) is 7.28. The summed E-state index contributed by atoms with van der Waals surface area (Å²) in [6, 6.07) is 6.96. The summed E-state index contributed by atoms with van der Waals surface area (Å²) in [4.78, 5) is 9.30. The van der Waals surface area contributed by atoms with E-state index < -0.39 is 0 Å². The molecule has 2 aromatic rings. The Morgan fingerprint density at radius 2 is 2.10 bits per heavy atom. The zero-order chi connectivity index (χ0) is 19.5. The van der Waals surface area contributed by atoms with Crippen LogP contribution in [-0.4, -0.2) is 59.7 Å². The molecule has 6 nitrogen and oxygen atoms in total. The van der Waals surface area contributed by atoms with Crippen LogP contribution in [0, 0.1) is 5.82 Å². The molecule has 2 heterocycles. The molecular formula is C20H26ClFIN5O. The Morgan fingerprint density at radius 1 is 1.31 bits per heavy atom. The van der Waals surface area contributed by atoms with Gasteiger partial charge in [0.05, 0.1) is 5.69 Å². The molecule has 158 valence electrons. The molecule has 0 bridgehead atoms. The predicted octanol–water partition coefficient (Wildman–Crippen LogP) is 3.72. The van der Waals surface area contributed by atoms with Gasteiger partial charge >= 0.3 is 0 Å². The summed E-state index contributed by atoms with van der Waals surface area (Å²) in [7, 11) is 0. The third-order valence-electron chi connectivity index (χ3n) is 5.33. The summed E-state index contributed by atoms with van der Waals surface area (Å²) in [6.45, 7) is 7.19. The van der Waals surface area contributed by atoms with Gasteiger partial charge in [-0.15, -0.1) is 24.0 Å². The molecule has 9 heteroatoms. The lowest BCUT2D eigenvalue weighted by molar-refractivity contribution is 0.169. The van der Waals surface area contributed by atoms with Crippen molar-refractivity contribution in [2.24, 2.45) is 4.99 Å². The zero-order valence-electron chi connectivity index (χ0n) is 16.4. The molecular weight excluding hydrogens is 508 g/mol. The van der Waals surface area contributed by atoms with E-state index in [4.69, 9.17) is 16.1 Å². The van der Waals surface area contributed by atoms with E-state index in [-0.39, 0.29) is 41.8 Å². The second kappa shape index (κ2) is 10.1. The average Bonchev–Trinajstić information content (AvgIpc) is 3.22. The molecule has 1 saturated carbocycles. The Labute approximate surface area is 192 Å². The lowest BCUT2D eigenvalue weighted by Crippen LogP contribution is -2.52. The Bertz CT molecular complexity index is 806. The number of hydrogen-bond acceptors (Lipinski definition) is 4. The summed E-state index contributed by atoms with van der Waals surface area (Å²) in [5.74, 6) is 0.782. The van der Waals surface area contributed by atoms with Crippen LogP contribution in [0.3, 0.4) is 0 Å². The number of halogens is 3. The molecule has 0 amide bonds. The number of nitrogens with zero attached hydrogens (tertiary/aromatic N) is 4. The minimum Gasteiger partial charge on any atom is -0.364 e. The van der Waals surface area contributed by atoms with E-state index in [1.54, 1.807) is 18.4 Å². The lowest BCUT2D eigenvalue weighted by atomic mass is 10.1. The monoisotopic (exact) mass is 533 g/mol. The van der Waals surface area contributed by atoms with E-state index in [2.05, 4.69) is 25.3 Å². The van der Waals surface area contributed by atoms with Crippen molar-refractivity contribution in [1.29, 1.82) is 0 Å². The summed E-state index contributed by atoms with van der Waals surface area (Å²) < 4.78 is 19.1. The van der Waals surface area contributed by atoms with E-state index in [9.17, 15) is 4.39 Å². The smallest absolute Gasteiger partial charge is 0.194 e. The Kier molecular flexibility index (Phi) is 7.75. The van der Waals surface area contributed by atoms with Gasteiger partial charge in [0, 0.05) is 67.9 Å². The Morgan fingerprint density at radius 3 is 2.76 bits per heavy atom. The third kappa shape index (κ3) is 5.40. The highest BCUT2D eigenvalue weighted by atomic mass is 127. The van der Waals surface area contributed by atoms with Crippen molar-refractivity contribution in [3.8, 4) is 0 Å². The fraction of sp³-hybridized carbons (Fsp3) is 0.500. The van der Waals surface area contributed by atoms with Crippen LogP contribution in [-0.2, 0) is 6.54 Å². The summed E-state index contributed by atoms with van der Waals surface area (Å²) in [6.07, 6.45) is 2.48. The topological polar surface area (TPSA) is 56.9 Å². The molecule has 1 aromatic carbocycles. The SMILES string of the molecule is CCN=C(NC1CC1c1c(F)cccc1Cl)N1CCN(Cc2ccon2)CC1.I. The number of benzene rings is 1. The van der Waals surface area contributed by atoms with Crippen LogP contribution in [0.1, 0.15) is 30.5 Å². The molecule has 1 N–H and O–H groups in total. The molecule has 4 rings (SSSR count). The van der Waals surface area contributed by atoms with Gasteiger partial charge in [-0.25, -0.2) is 4.39 Å². The first-order chi connectivity index (χ1) is 13.7. The van der Waals surface area contributed by atoms with E-state index >= 15 is 0 Å². The molecule has 2 aliphatic rings. The number of rotatable bonds is 5. The van der Waals surface area contributed by atoms with Crippen LogP contribution >= 0.6 is 35.6 Å². The number of guanidine groups is 1. The van der Waals surface area contributed by atoms with Crippen molar-refractivity contribution in [2.75, 3.05) is 32.7 Å². The van der Waals surface area contributed by atoms with Crippen molar-refractivity contribution in [1.82, 2.24) is 20.3 Å². The van der Waals surface area contributed by atoms with Gasteiger partial charge in [0.1, 0.15) is 12.1 Å². The molecule has 0 spiro atoms. The zero-order valence-corrected chi connectivity index (χ0v) is 19.4. The van der Waals surface area contributed by atoms with Crippen LogP contribution in [0.25, 0.3) is 0 Å². The van der Waals surface area contributed by atoms with Gasteiger partial charge in [0.15, 0.2) is 5.96 Å². The molecule has 2 atom stereocenters. The molecule has 0 radical (unpaired) electrons. The van der Waals surface area contributed by atoms with E-state index in [0.29, 0.717) is 17.1 Å². The van der Waals surface area contributed by atoms with E-state index in [1.165, 1.54) is 6.07 Å². The molecule has 2 fully saturated rings. The van der Waals surface area contributed by atoms with Gasteiger partial charge in [0.25, 0.3) is 0 Å². The van der Waals surface area contributed by atoms with Crippen molar-refractivity contribution < 1.29 is 8.91 Å². The van der Waals surface area contributed by atoms with Gasteiger partial charge in [-0.2, -0.15) is 0 Å². The van der Waals surface area contributed by atoms with Crippen LogP contribution < -0.4 is 5.32 Å². The number of aromatic nitrogens is 1. The maximum Gasteiger partial charge on any atom is 0.194 e. The molecule has 1 aromatic heterocycles. The average molecular weight is 534 g/mol. The third-order valence-corrected chi connectivity index (χ3v) is 5.66. The summed E-state index contributed by atoms with van der Waals surface area (Å²) in [5.41, 5.74) is 1.58. The number of nitrogens with one attached hydrogen (secondary N) is 1. The minimum atomic E-state index is -0.225. The largest absolute Gasteiger partial charge is 0.364 e. The predicted molar refractivity (Wildman–Crippen MR) is 122 cm³/mol. The first kappa shape index (κ1) is 22.3. The van der Waals surface area contributed by atoms with Gasteiger partial charge in [0.2, 0.25) is 0 Å². The van der Waals surface area contributed by atoms with Crippen LogP contribution in [0.5, 0.6) is 0 Å². The van der Waals surface area contributed by atoms with Gasteiger partial charge in [-0.05, 0) is 25.5 Å². The molecule has 2 unspecified atom stereocenters. The maximum absolute atomic E-state index is 14.2. The second-order valence-corrected chi connectivity index (χ2v) is 7.69. The van der Waals surface area contributed by atoms with Crippen molar-refractivity contribution in [2.45, 2.75) is 31.8 Å². The van der Waals surface area contributed by atoms with Crippen LogP contribution in [0.4, 0.5) is 4.39 Å². The quantitative estimate of drug-likeness (QED) is 0.361. The standard InChI is InChI=1S/C20H25ClFN5O.HI/c1-2-23-20(24-18-12-15(18)19-16(21)4-3-5-17(19)22)27-9-7-26(8-10-27)13-14-6-11-28-25-14;/h3-6,11,15,18H,2,7-10,12-13H2,1H3,(H,23,24);1H. The Hall–Kier alpha value is -1.39. The van der Waals surface area contributed by atoms with E-state index in [0.717, 1.165) is 50.8 Å². The van der Waals surface area contributed by atoms with Crippen molar-refractivity contribution in [3.63, 3.8) is 0 Å². The highest BCUT2D eigenvalue weighted by Crippen LogP contribution is 2.45. The van der Waals surface area contributed by atoms with Gasteiger partial charge < -0.3 is 14.7 Å². The first-order valence-corrected chi connectivity index (χ1v) is 10.1. The molecule has 29 heavy (non-hydrogen) atoms. The first-order valence-electron chi connectivity index (χ1n) is 9.77. The van der Waals surface area contributed by atoms with Crippen molar-refractivity contribution in [3.05, 3.63) is 52.6 Å². The highest BCUT2D eigenvalue weighted by Gasteiger charge is 2.42. The normalized spacial score (nSPS) is 22.3. The fourth-order valence-corrected chi connectivity index (χ4v) is 4.06. The highest BCUT2D eigenvalue weighted by molar-refractivity contribution is 14.0. The minimum absolute atomic E-state index is 0. The maximum atomic E-state index is 14.2. The fourth-order valence-electron chi connectivity index (χ4n) is 3.76.